The van der Waals surface area contributed by atoms with Crippen molar-refractivity contribution in [2.75, 3.05) is 4.90 Å². The van der Waals surface area contributed by atoms with Crippen LogP contribution in [-0.2, 0) is 0 Å². The highest BCUT2D eigenvalue weighted by Gasteiger charge is 2.33. The molecule has 2 nitrogen and oxygen atoms in total. The van der Waals surface area contributed by atoms with Crippen LogP contribution < -0.4 is 9.64 Å². The number of allylic oxidation sites excluding steroid dienone is 3. The van der Waals surface area contributed by atoms with Crippen LogP contribution in [0.15, 0.2) is 206 Å². The maximum atomic E-state index is 6.74. The predicted molar refractivity (Wildman–Crippen MR) is 227 cm³/mol. The number of rotatable bonds is 5. The maximum absolute atomic E-state index is 6.74. The monoisotopic (exact) mass is 689 g/mol. The molecular weight excluding hydrogens is 655 g/mol. The molecule has 1 heterocycles. The predicted octanol–water partition coefficient (Wildman–Crippen LogP) is 14.1. The molecule has 2 heteroatoms. The molecule has 0 saturated carbocycles. The summed E-state index contributed by atoms with van der Waals surface area (Å²) in [6.45, 7) is 0. The van der Waals surface area contributed by atoms with Gasteiger partial charge in [0.25, 0.3) is 0 Å². The summed E-state index contributed by atoms with van der Waals surface area (Å²) in [5.74, 6) is 2.22. The van der Waals surface area contributed by atoms with Crippen molar-refractivity contribution in [2.45, 2.75) is 12.3 Å². The van der Waals surface area contributed by atoms with Crippen LogP contribution >= 0.6 is 0 Å². The van der Waals surface area contributed by atoms with Gasteiger partial charge in [0.05, 0.1) is 0 Å². The van der Waals surface area contributed by atoms with Crippen molar-refractivity contribution in [3.63, 3.8) is 0 Å². The van der Waals surface area contributed by atoms with Crippen LogP contribution in [-0.4, -0.2) is 0 Å². The lowest BCUT2D eigenvalue weighted by Crippen LogP contribution is -2.18. The zero-order valence-electron chi connectivity index (χ0n) is 29.6. The smallest absolute Gasteiger partial charge is 0.138 e. The van der Waals surface area contributed by atoms with Crippen molar-refractivity contribution in [1.29, 1.82) is 0 Å². The van der Waals surface area contributed by atoms with Crippen molar-refractivity contribution in [1.82, 2.24) is 0 Å². The molecule has 0 radical (unpaired) electrons. The molecule has 11 rings (SSSR count). The van der Waals surface area contributed by atoms with E-state index in [2.05, 4.69) is 199 Å². The number of hydrogen-bond acceptors (Lipinski definition) is 2. The average molecular weight is 690 g/mol. The largest absolute Gasteiger partial charge is 0.460 e. The molecule has 254 valence electrons. The highest BCUT2D eigenvalue weighted by atomic mass is 16.5. The van der Waals surface area contributed by atoms with Crippen LogP contribution in [0, 0.1) is 0 Å². The van der Waals surface area contributed by atoms with Gasteiger partial charge in [-0.2, -0.15) is 0 Å². The minimum Gasteiger partial charge on any atom is -0.460 e. The van der Waals surface area contributed by atoms with E-state index in [1.54, 1.807) is 0 Å². The molecule has 1 unspecified atom stereocenters. The van der Waals surface area contributed by atoms with E-state index >= 15 is 0 Å². The first-order valence-electron chi connectivity index (χ1n) is 18.8. The Morgan fingerprint density at radius 1 is 0.463 bits per heavy atom. The Balaban J connectivity index is 1.02. The number of hydrogen-bond donors (Lipinski definition) is 0. The Morgan fingerprint density at radius 3 is 2.02 bits per heavy atom. The Labute approximate surface area is 314 Å². The molecular formula is C52H35NO. The van der Waals surface area contributed by atoms with Gasteiger partial charge in [-0.25, -0.2) is 0 Å². The summed E-state index contributed by atoms with van der Waals surface area (Å²) >= 11 is 0. The van der Waals surface area contributed by atoms with Crippen LogP contribution in [0.4, 0.5) is 11.4 Å². The Morgan fingerprint density at radius 2 is 1.15 bits per heavy atom. The molecule has 0 amide bonds. The Bertz CT molecular complexity index is 2990. The van der Waals surface area contributed by atoms with Gasteiger partial charge in [0, 0.05) is 40.0 Å². The zero-order valence-corrected chi connectivity index (χ0v) is 29.6. The number of nitrogens with zero attached hydrogens (tertiary/aromatic N) is 1. The number of benzene rings is 9. The third-order valence-corrected chi connectivity index (χ3v) is 11.4. The van der Waals surface area contributed by atoms with Crippen molar-refractivity contribution < 1.29 is 4.74 Å². The van der Waals surface area contributed by atoms with Gasteiger partial charge in [-0.3, -0.25) is 0 Å². The van der Waals surface area contributed by atoms with Gasteiger partial charge in [0.15, 0.2) is 0 Å². The summed E-state index contributed by atoms with van der Waals surface area (Å²) in [6.07, 6.45) is 5.51. The second kappa shape index (κ2) is 12.4. The minimum atomic E-state index is 0.216. The van der Waals surface area contributed by atoms with Crippen LogP contribution in [0.1, 0.15) is 17.9 Å². The first-order valence-corrected chi connectivity index (χ1v) is 18.8. The third kappa shape index (κ3) is 4.95. The molecule has 1 aliphatic heterocycles. The van der Waals surface area contributed by atoms with E-state index in [4.69, 9.17) is 4.74 Å². The number of ether oxygens (including phenoxy) is 1. The van der Waals surface area contributed by atoms with Gasteiger partial charge in [-0.15, -0.1) is 0 Å². The maximum Gasteiger partial charge on any atom is 0.138 e. The fourth-order valence-corrected chi connectivity index (χ4v) is 8.77. The summed E-state index contributed by atoms with van der Waals surface area (Å²) in [7, 11) is 0. The molecule has 2 aliphatic rings. The summed E-state index contributed by atoms with van der Waals surface area (Å²) in [4.78, 5) is 2.38. The van der Waals surface area contributed by atoms with Gasteiger partial charge in [-0.05, 0) is 90.6 Å². The topological polar surface area (TPSA) is 12.5 Å². The molecule has 0 aromatic heterocycles. The van der Waals surface area contributed by atoms with Crippen molar-refractivity contribution in [2.24, 2.45) is 0 Å². The standard InChI is InChI=1S/C52H35NO/c1-2-10-34(11-3-1)39-14-8-15-41(32-39)53(42-28-31-47-49-30-24-36-13-5-7-17-45(36)52(49)54-50(47)33-42)40-26-22-37(23-27-40)43-18-9-19-48-46(43)29-25-38-21-20-35-12-4-6-16-44(35)51(38)48/h1-30,32-33,47H,31H2. The normalized spacial score (nSPS) is 14.8. The molecule has 0 spiro atoms. The third-order valence-electron chi connectivity index (χ3n) is 11.4. The summed E-state index contributed by atoms with van der Waals surface area (Å²) in [5, 5.41) is 10.1. The number of fused-ring (bicyclic) bond motifs is 10. The molecule has 0 bridgehead atoms. The van der Waals surface area contributed by atoms with Crippen molar-refractivity contribution >= 4 is 54.5 Å². The molecule has 1 aliphatic carbocycles. The molecule has 54 heavy (non-hydrogen) atoms. The molecule has 1 atom stereocenters. The van der Waals surface area contributed by atoms with Crippen LogP contribution in [0.25, 0.3) is 65.3 Å². The zero-order chi connectivity index (χ0) is 35.6. The van der Waals surface area contributed by atoms with Crippen LogP contribution in [0.5, 0.6) is 5.75 Å². The highest BCUT2D eigenvalue weighted by Crippen LogP contribution is 2.50. The van der Waals surface area contributed by atoms with E-state index in [9.17, 15) is 0 Å². The number of anilines is 2. The fourth-order valence-electron chi connectivity index (χ4n) is 8.77. The van der Waals surface area contributed by atoms with Gasteiger partial charge in [0.1, 0.15) is 11.5 Å². The summed E-state index contributed by atoms with van der Waals surface area (Å²) in [5.41, 5.74) is 9.40. The Hall–Kier alpha value is -6.90. The molecule has 0 saturated heterocycles. The average Bonchev–Trinajstić information content (AvgIpc) is 3.62. The van der Waals surface area contributed by atoms with Crippen LogP contribution in [0.3, 0.4) is 0 Å². The van der Waals surface area contributed by atoms with Gasteiger partial charge in [-0.1, -0.05) is 164 Å². The van der Waals surface area contributed by atoms with E-state index in [0.717, 1.165) is 35.0 Å². The van der Waals surface area contributed by atoms with E-state index in [1.807, 2.05) is 0 Å². The van der Waals surface area contributed by atoms with E-state index in [0.29, 0.717) is 0 Å². The Kier molecular flexibility index (Phi) is 7.03. The lowest BCUT2D eigenvalue weighted by Gasteiger charge is -2.29. The van der Waals surface area contributed by atoms with Gasteiger partial charge in [0.2, 0.25) is 0 Å². The molecule has 9 aromatic rings. The molecule has 0 N–H and O–H groups in total. The molecule has 0 fully saturated rings. The fraction of sp³-hybridized carbons (Fsp3) is 0.0385. The lowest BCUT2D eigenvalue weighted by atomic mass is 9.89. The first-order chi connectivity index (χ1) is 26.8. The van der Waals surface area contributed by atoms with Gasteiger partial charge < -0.3 is 9.64 Å². The molecule has 9 aromatic carbocycles. The highest BCUT2D eigenvalue weighted by molar-refractivity contribution is 6.22. The second-order valence-corrected chi connectivity index (χ2v) is 14.4. The van der Waals surface area contributed by atoms with Gasteiger partial charge >= 0.3 is 0 Å². The SMILES string of the molecule is C1=C2Oc3c(ccc4ccccc34)C2CC=C1N(c1ccc(-c2cccc3c2ccc2ccc4ccccc4c23)cc1)c1cccc(-c2ccccc2)c1. The second-order valence-electron chi connectivity index (χ2n) is 14.4. The summed E-state index contributed by atoms with van der Waals surface area (Å²) in [6, 6.07) is 66.0. The van der Waals surface area contributed by atoms with E-state index in [1.165, 1.54) is 70.9 Å². The summed E-state index contributed by atoms with van der Waals surface area (Å²) < 4.78 is 6.74. The minimum absolute atomic E-state index is 0.216. The first kappa shape index (κ1) is 30.7. The van der Waals surface area contributed by atoms with E-state index < -0.39 is 0 Å². The van der Waals surface area contributed by atoms with Crippen LogP contribution in [0.2, 0.25) is 0 Å². The lowest BCUT2D eigenvalue weighted by molar-refractivity contribution is 0.427. The van der Waals surface area contributed by atoms with Crippen molar-refractivity contribution in [3.05, 3.63) is 211 Å². The van der Waals surface area contributed by atoms with E-state index in [-0.39, 0.29) is 5.92 Å². The quantitative estimate of drug-likeness (QED) is 0.167. The van der Waals surface area contributed by atoms with Crippen molar-refractivity contribution in [3.8, 4) is 28.0 Å².